The molecule has 0 radical (unpaired) electrons. The van der Waals surface area contributed by atoms with Crippen LogP contribution in [0.25, 0.3) is 16.7 Å². The molecule has 21 heavy (non-hydrogen) atoms. The number of amidine groups is 1. The Morgan fingerprint density at radius 2 is 1.90 bits per heavy atom. The summed E-state index contributed by atoms with van der Waals surface area (Å²) in [5.41, 5.74) is 10.4. The topological polar surface area (TPSA) is 80.6 Å². The van der Waals surface area contributed by atoms with Crippen molar-refractivity contribution < 1.29 is 0 Å². The molecule has 0 aliphatic carbocycles. The Hall–Kier alpha value is -2.69. The number of hydrogen-bond acceptors (Lipinski definition) is 3. The zero-order valence-electron chi connectivity index (χ0n) is 12.3. The molecule has 3 N–H and O–H groups in total. The predicted octanol–water partition coefficient (Wildman–Crippen LogP) is 2.63. The second-order valence-corrected chi connectivity index (χ2v) is 5.17. The van der Waals surface area contributed by atoms with Gasteiger partial charge in [-0.1, -0.05) is 18.2 Å². The summed E-state index contributed by atoms with van der Waals surface area (Å²) in [5, 5.41) is 13.2. The van der Waals surface area contributed by atoms with Crippen molar-refractivity contribution in [3.8, 4) is 5.82 Å². The molecule has 0 aliphatic rings. The van der Waals surface area contributed by atoms with Crippen LogP contribution < -0.4 is 5.73 Å². The first-order chi connectivity index (χ1) is 9.99. The summed E-state index contributed by atoms with van der Waals surface area (Å²) < 4.78 is 1.81. The molecule has 2 heterocycles. The lowest BCUT2D eigenvalue weighted by Gasteiger charge is -2.09. The molecule has 5 heteroatoms. The molecule has 3 rings (SSSR count). The second kappa shape index (κ2) is 4.70. The van der Waals surface area contributed by atoms with Gasteiger partial charge in [-0.3, -0.25) is 5.41 Å². The third-order valence-electron chi connectivity index (χ3n) is 3.86. The monoisotopic (exact) mass is 279 g/mol. The number of para-hydroxylation sites is 1. The summed E-state index contributed by atoms with van der Waals surface area (Å²) in [6, 6.07) is 9.52. The molecule has 3 aromatic rings. The number of nitrogen functional groups attached to an aromatic ring is 1. The van der Waals surface area contributed by atoms with Crippen LogP contribution in [0.15, 0.2) is 30.3 Å². The van der Waals surface area contributed by atoms with Crippen LogP contribution in [0, 0.1) is 26.2 Å². The zero-order chi connectivity index (χ0) is 15.1. The number of nitrogens with two attached hydrogens (primary N) is 1. The van der Waals surface area contributed by atoms with Gasteiger partial charge in [0, 0.05) is 16.6 Å². The van der Waals surface area contributed by atoms with Crippen molar-refractivity contribution in [2.75, 3.05) is 0 Å². The lowest BCUT2D eigenvalue weighted by atomic mass is 10.1. The van der Waals surface area contributed by atoms with Crippen molar-refractivity contribution in [3.05, 3.63) is 52.8 Å². The number of rotatable bonds is 2. The Morgan fingerprint density at radius 1 is 1.19 bits per heavy atom. The first-order valence-electron chi connectivity index (χ1n) is 6.76. The largest absolute Gasteiger partial charge is 0.384 e. The van der Waals surface area contributed by atoms with Crippen LogP contribution in [0.3, 0.4) is 0 Å². The third-order valence-corrected chi connectivity index (χ3v) is 3.86. The number of aryl methyl sites for hydroxylation is 1. The Kier molecular flexibility index (Phi) is 2.97. The van der Waals surface area contributed by atoms with E-state index in [1.807, 2.05) is 55.8 Å². The summed E-state index contributed by atoms with van der Waals surface area (Å²) in [7, 11) is 0. The summed E-state index contributed by atoms with van der Waals surface area (Å²) >= 11 is 0. The van der Waals surface area contributed by atoms with E-state index in [4.69, 9.17) is 11.1 Å². The van der Waals surface area contributed by atoms with Crippen LogP contribution in [-0.4, -0.2) is 20.6 Å². The van der Waals surface area contributed by atoms with Crippen molar-refractivity contribution in [2.24, 2.45) is 5.73 Å². The minimum absolute atomic E-state index is 0.0353. The molecular formula is C16H17N5. The SMILES string of the molecule is Cc1nn(-c2cc(C(=N)N)c3ccccc3n2)c(C)c1C. The normalized spacial score (nSPS) is 11.0. The van der Waals surface area contributed by atoms with Gasteiger partial charge in [0.15, 0.2) is 5.82 Å². The molecule has 0 fully saturated rings. The Labute approximate surface area is 122 Å². The van der Waals surface area contributed by atoms with Crippen molar-refractivity contribution in [1.29, 1.82) is 5.41 Å². The van der Waals surface area contributed by atoms with E-state index in [1.165, 1.54) is 0 Å². The molecular weight excluding hydrogens is 262 g/mol. The van der Waals surface area contributed by atoms with Crippen molar-refractivity contribution in [3.63, 3.8) is 0 Å². The first-order valence-corrected chi connectivity index (χ1v) is 6.76. The summed E-state index contributed by atoms with van der Waals surface area (Å²) in [6.45, 7) is 6.03. The lowest BCUT2D eigenvalue weighted by molar-refractivity contribution is 0.810. The van der Waals surface area contributed by atoms with Crippen molar-refractivity contribution >= 4 is 16.7 Å². The van der Waals surface area contributed by atoms with Gasteiger partial charge in [0.2, 0.25) is 0 Å². The molecule has 1 aromatic carbocycles. The standard InChI is InChI=1S/C16H17N5/c1-9-10(2)20-21(11(9)3)15-8-13(16(17)18)12-6-4-5-7-14(12)19-15/h4-8H,1-3H3,(H3,17,18). The van der Waals surface area contributed by atoms with Crippen LogP contribution in [0.5, 0.6) is 0 Å². The molecule has 5 nitrogen and oxygen atoms in total. The number of pyridine rings is 1. The van der Waals surface area contributed by atoms with E-state index < -0.39 is 0 Å². The van der Waals surface area contributed by atoms with Gasteiger partial charge in [-0.15, -0.1) is 0 Å². The fourth-order valence-corrected chi connectivity index (χ4v) is 2.44. The molecule has 0 saturated carbocycles. The van der Waals surface area contributed by atoms with E-state index in [9.17, 15) is 0 Å². The molecule has 0 spiro atoms. The van der Waals surface area contributed by atoms with Crippen LogP contribution in [0.1, 0.15) is 22.5 Å². The quantitative estimate of drug-likeness (QED) is 0.559. The highest BCUT2D eigenvalue weighted by atomic mass is 15.3. The third kappa shape index (κ3) is 2.07. The molecule has 0 bridgehead atoms. The highest BCUT2D eigenvalue weighted by molar-refractivity contribution is 6.07. The molecule has 0 saturated heterocycles. The van der Waals surface area contributed by atoms with Crippen molar-refractivity contribution in [2.45, 2.75) is 20.8 Å². The molecule has 2 aromatic heterocycles. The van der Waals surface area contributed by atoms with Gasteiger partial charge in [-0.05, 0) is 38.5 Å². The van der Waals surface area contributed by atoms with Gasteiger partial charge in [-0.2, -0.15) is 5.10 Å². The molecule has 0 unspecified atom stereocenters. The smallest absolute Gasteiger partial charge is 0.155 e. The average Bonchev–Trinajstić information content (AvgIpc) is 2.73. The van der Waals surface area contributed by atoms with Crippen LogP contribution in [-0.2, 0) is 0 Å². The number of hydrogen-bond donors (Lipinski definition) is 2. The maximum atomic E-state index is 7.80. The first kappa shape index (κ1) is 13.3. The lowest BCUT2D eigenvalue weighted by Crippen LogP contribution is -2.14. The minimum Gasteiger partial charge on any atom is -0.384 e. The highest BCUT2D eigenvalue weighted by Gasteiger charge is 2.13. The number of nitrogens with zero attached hydrogens (tertiary/aromatic N) is 3. The number of nitrogens with one attached hydrogen (secondary N) is 1. The van der Waals surface area contributed by atoms with E-state index >= 15 is 0 Å². The Bertz CT molecular complexity index is 860. The Balaban J connectivity index is 2.33. The second-order valence-electron chi connectivity index (χ2n) is 5.17. The van der Waals surface area contributed by atoms with E-state index in [2.05, 4.69) is 10.1 Å². The van der Waals surface area contributed by atoms with E-state index in [-0.39, 0.29) is 5.84 Å². The maximum absolute atomic E-state index is 7.80. The zero-order valence-corrected chi connectivity index (χ0v) is 12.3. The number of fused-ring (bicyclic) bond motifs is 1. The summed E-state index contributed by atoms with van der Waals surface area (Å²) in [6.07, 6.45) is 0. The van der Waals surface area contributed by atoms with E-state index in [1.54, 1.807) is 0 Å². The fraction of sp³-hybridized carbons (Fsp3) is 0.188. The molecule has 0 atom stereocenters. The Morgan fingerprint density at radius 3 is 2.52 bits per heavy atom. The van der Waals surface area contributed by atoms with Crippen LogP contribution >= 0.6 is 0 Å². The predicted molar refractivity (Wildman–Crippen MR) is 84.1 cm³/mol. The molecule has 0 aliphatic heterocycles. The summed E-state index contributed by atoms with van der Waals surface area (Å²) in [5.74, 6) is 0.723. The van der Waals surface area contributed by atoms with Gasteiger partial charge < -0.3 is 5.73 Å². The summed E-state index contributed by atoms with van der Waals surface area (Å²) in [4.78, 5) is 4.65. The van der Waals surface area contributed by atoms with Gasteiger partial charge >= 0.3 is 0 Å². The van der Waals surface area contributed by atoms with E-state index in [0.717, 1.165) is 27.9 Å². The van der Waals surface area contributed by atoms with E-state index in [0.29, 0.717) is 11.4 Å². The molecule has 106 valence electrons. The van der Waals surface area contributed by atoms with Gasteiger partial charge in [-0.25, -0.2) is 9.67 Å². The van der Waals surface area contributed by atoms with Gasteiger partial charge in [0.25, 0.3) is 0 Å². The average molecular weight is 279 g/mol. The minimum atomic E-state index is 0.0353. The van der Waals surface area contributed by atoms with Crippen molar-refractivity contribution in [1.82, 2.24) is 14.8 Å². The maximum Gasteiger partial charge on any atom is 0.155 e. The van der Waals surface area contributed by atoms with Gasteiger partial charge in [0.05, 0.1) is 11.2 Å². The van der Waals surface area contributed by atoms with Crippen LogP contribution in [0.2, 0.25) is 0 Å². The fourth-order valence-electron chi connectivity index (χ4n) is 2.44. The van der Waals surface area contributed by atoms with Crippen LogP contribution in [0.4, 0.5) is 0 Å². The number of aromatic nitrogens is 3. The number of benzene rings is 1. The highest BCUT2D eigenvalue weighted by Crippen LogP contribution is 2.22. The molecule has 0 amide bonds. The van der Waals surface area contributed by atoms with Gasteiger partial charge in [0.1, 0.15) is 5.84 Å².